The van der Waals surface area contributed by atoms with E-state index in [0.717, 1.165) is 0 Å². The van der Waals surface area contributed by atoms with Gasteiger partial charge in [0, 0.05) is 0 Å². The van der Waals surface area contributed by atoms with Crippen molar-refractivity contribution in [2.45, 2.75) is 12.5 Å². The third-order valence-corrected chi connectivity index (χ3v) is 1.75. The van der Waals surface area contributed by atoms with Gasteiger partial charge < -0.3 is 20.6 Å². The molecule has 0 bridgehead atoms. The van der Waals surface area contributed by atoms with Crippen LogP contribution in [-0.4, -0.2) is 28.9 Å². The number of carboxylic acid groups (broad SMARTS) is 1. The van der Waals surface area contributed by atoms with Crippen LogP contribution in [0.4, 0.5) is 0 Å². The van der Waals surface area contributed by atoms with E-state index in [-0.39, 0.29) is 5.76 Å². The summed E-state index contributed by atoms with van der Waals surface area (Å²) < 4.78 is 4.76. The number of carbonyl (C=O) groups is 3. The lowest BCUT2D eigenvalue weighted by Crippen LogP contribution is -2.43. The van der Waals surface area contributed by atoms with Gasteiger partial charge in [0.2, 0.25) is 5.91 Å². The lowest BCUT2D eigenvalue weighted by atomic mass is 10.2. The first-order chi connectivity index (χ1) is 7.50. The molecule has 1 aromatic heterocycles. The number of amides is 2. The Labute approximate surface area is 90.2 Å². The summed E-state index contributed by atoms with van der Waals surface area (Å²) in [6.45, 7) is 0. The summed E-state index contributed by atoms with van der Waals surface area (Å²) in [7, 11) is 0. The Balaban J connectivity index is 2.65. The van der Waals surface area contributed by atoms with E-state index in [4.69, 9.17) is 15.3 Å². The number of furan rings is 1. The van der Waals surface area contributed by atoms with Crippen molar-refractivity contribution in [1.82, 2.24) is 5.32 Å². The van der Waals surface area contributed by atoms with Gasteiger partial charge in [-0.15, -0.1) is 0 Å². The minimum Gasteiger partial charge on any atom is -0.480 e. The Bertz CT molecular complexity index is 398. The van der Waals surface area contributed by atoms with E-state index in [1.807, 2.05) is 0 Å². The predicted octanol–water partition coefficient (Wildman–Crippen LogP) is -0.662. The monoisotopic (exact) mass is 226 g/mol. The highest BCUT2D eigenvalue weighted by Crippen LogP contribution is 2.01. The Kier molecular flexibility index (Phi) is 3.65. The Morgan fingerprint density at radius 1 is 1.50 bits per heavy atom. The zero-order valence-corrected chi connectivity index (χ0v) is 8.17. The summed E-state index contributed by atoms with van der Waals surface area (Å²) in [6.07, 6.45) is 0.806. The highest BCUT2D eigenvalue weighted by atomic mass is 16.4. The van der Waals surface area contributed by atoms with Crippen LogP contribution < -0.4 is 11.1 Å². The molecule has 0 aliphatic carbocycles. The van der Waals surface area contributed by atoms with Crippen LogP contribution in [0.5, 0.6) is 0 Å². The molecular weight excluding hydrogens is 216 g/mol. The molecule has 0 saturated heterocycles. The van der Waals surface area contributed by atoms with E-state index in [9.17, 15) is 14.4 Å². The first-order valence-electron chi connectivity index (χ1n) is 4.36. The van der Waals surface area contributed by atoms with Gasteiger partial charge in [-0.3, -0.25) is 9.59 Å². The molecule has 1 heterocycles. The van der Waals surface area contributed by atoms with Gasteiger partial charge in [-0.25, -0.2) is 4.79 Å². The second-order valence-corrected chi connectivity index (χ2v) is 3.01. The van der Waals surface area contributed by atoms with E-state index in [1.165, 1.54) is 18.4 Å². The molecule has 0 radical (unpaired) electrons. The van der Waals surface area contributed by atoms with Crippen LogP contribution in [0.2, 0.25) is 0 Å². The van der Waals surface area contributed by atoms with Crippen LogP contribution in [0, 0.1) is 0 Å². The first-order valence-corrected chi connectivity index (χ1v) is 4.36. The maximum atomic E-state index is 11.4. The first kappa shape index (κ1) is 11.8. The van der Waals surface area contributed by atoms with Crippen molar-refractivity contribution in [3.8, 4) is 0 Å². The average molecular weight is 226 g/mol. The van der Waals surface area contributed by atoms with Gasteiger partial charge in [-0.1, -0.05) is 0 Å². The summed E-state index contributed by atoms with van der Waals surface area (Å²) >= 11 is 0. The van der Waals surface area contributed by atoms with Crippen molar-refractivity contribution >= 4 is 17.8 Å². The molecule has 1 unspecified atom stereocenters. The van der Waals surface area contributed by atoms with Crippen LogP contribution in [0.25, 0.3) is 0 Å². The predicted molar refractivity (Wildman–Crippen MR) is 51.4 cm³/mol. The molecule has 0 aromatic carbocycles. The average Bonchev–Trinajstić information content (AvgIpc) is 2.68. The second kappa shape index (κ2) is 4.96. The fourth-order valence-electron chi connectivity index (χ4n) is 1.04. The minimum absolute atomic E-state index is 0.0317. The van der Waals surface area contributed by atoms with Crippen LogP contribution >= 0.6 is 0 Å². The van der Waals surface area contributed by atoms with Crippen molar-refractivity contribution in [1.29, 1.82) is 0 Å². The molecule has 0 aliphatic heterocycles. The maximum absolute atomic E-state index is 11.4. The van der Waals surface area contributed by atoms with E-state index in [1.54, 1.807) is 0 Å². The van der Waals surface area contributed by atoms with Gasteiger partial charge in [0.25, 0.3) is 5.91 Å². The summed E-state index contributed by atoms with van der Waals surface area (Å²) in [4.78, 5) is 32.6. The zero-order valence-electron chi connectivity index (χ0n) is 8.17. The summed E-state index contributed by atoms with van der Waals surface area (Å²) in [5.41, 5.74) is 4.85. The van der Waals surface area contributed by atoms with Crippen LogP contribution in [0.1, 0.15) is 17.0 Å². The molecule has 7 heteroatoms. The highest BCUT2D eigenvalue weighted by molar-refractivity contribution is 5.95. The number of nitrogens with one attached hydrogen (secondary N) is 1. The molecule has 4 N–H and O–H groups in total. The largest absolute Gasteiger partial charge is 0.480 e. The molecular formula is C9H10N2O5. The fraction of sp³-hybridized carbons (Fsp3) is 0.222. The van der Waals surface area contributed by atoms with Gasteiger partial charge in [0.1, 0.15) is 6.04 Å². The van der Waals surface area contributed by atoms with Crippen LogP contribution in [0.15, 0.2) is 22.8 Å². The molecule has 1 rings (SSSR count). The Hall–Kier alpha value is -2.31. The van der Waals surface area contributed by atoms with E-state index < -0.39 is 30.2 Å². The van der Waals surface area contributed by atoms with Crippen LogP contribution in [0.3, 0.4) is 0 Å². The molecule has 2 amide bonds. The van der Waals surface area contributed by atoms with Gasteiger partial charge >= 0.3 is 5.97 Å². The number of carbonyl (C=O) groups excluding carboxylic acids is 2. The third-order valence-electron chi connectivity index (χ3n) is 1.75. The van der Waals surface area contributed by atoms with Crippen LogP contribution in [-0.2, 0) is 9.59 Å². The lowest BCUT2D eigenvalue weighted by Gasteiger charge is -2.11. The van der Waals surface area contributed by atoms with Crippen molar-refractivity contribution in [2.75, 3.05) is 0 Å². The normalized spacial score (nSPS) is 11.8. The Morgan fingerprint density at radius 2 is 2.19 bits per heavy atom. The van der Waals surface area contributed by atoms with E-state index in [2.05, 4.69) is 5.32 Å². The van der Waals surface area contributed by atoms with Gasteiger partial charge in [0.05, 0.1) is 12.7 Å². The number of carboxylic acids is 1. The molecule has 1 aromatic rings. The number of aliphatic carboxylic acids is 1. The second-order valence-electron chi connectivity index (χ2n) is 3.01. The molecule has 86 valence electrons. The Morgan fingerprint density at radius 3 is 2.62 bits per heavy atom. The maximum Gasteiger partial charge on any atom is 0.326 e. The SMILES string of the molecule is NC(=O)CC(NC(=O)c1ccco1)C(=O)O. The lowest BCUT2D eigenvalue weighted by molar-refractivity contribution is -0.140. The molecule has 7 nitrogen and oxygen atoms in total. The van der Waals surface area contributed by atoms with E-state index in [0.29, 0.717) is 0 Å². The standard InChI is InChI=1S/C9H10N2O5/c10-7(12)4-5(9(14)15)11-8(13)6-2-1-3-16-6/h1-3,5H,4H2,(H2,10,12)(H,11,13)(H,14,15). The van der Waals surface area contributed by atoms with Gasteiger partial charge in [-0.2, -0.15) is 0 Å². The number of nitrogens with two attached hydrogens (primary N) is 1. The van der Waals surface area contributed by atoms with E-state index >= 15 is 0 Å². The number of rotatable bonds is 5. The molecule has 0 fully saturated rings. The number of hydrogen-bond acceptors (Lipinski definition) is 4. The summed E-state index contributed by atoms with van der Waals surface area (Å²) in [6, 6.07) is 1.51. The highest BCUT2D eigenvalue weighted by Gasteiger charge is 2.23. The summed E-state index contributed by atoms with van der Waals surface area (Å²) in [5.74, 6) is -2.89. The van der Waals surface area contributed by atoms with Gasteiger partial charge in [0.15, 0.2) is 5.76 Å². The number of primary amides is 1. The molecule has 16 heavy (non-hydrogen) atoms. The smallest absolute Gasteiger partial charge is 0.326 e. The molecule has 0 aliphatic rings. The fourth-order valence-corrected chi connectivity index (χ4v) is 1.04. The minimum atomic E-state index is -1.35. The summed E-state index contributed by atoms with van der Waals surface area (Å²) in [5, 5.41) is 10.8. The van der Waals surface area contributed by atoms with Crippen molar-refractivity contribution in [3.05, 3.63) is 24.2 Å². The van der Waals surface area contributed by atoms with Crippen molar-refractivity contribution in [3.63, 3.8) is 0 Å². The quantitative estimate of drug-likeness (QED) is 0.614. The molecule has 0 saturated carbocycles. The topological polar surface area (TPSA) is 123 Å². The molecule has 0 spiro atoms. The van der Waals surface area contributed by atoms with Gasteiger partial charge in [-0.05, 0) is 12.1 Å². The van der Waals surface area contributed by atoms with Crippen molar-refractivity contribution < 1.29 is 23.9 Å². The number of hydrogen-bond donors (Lipinski definition) is 3. The zero-order chi connectivity index (χ0) is 12.1. The third kappa shape index (κ3) is 3.12. The molecule has 1 atom stereocenters. The van der Waals surface area contributed by atoms with Crippen molar-refractivity contribution in [2.24, 2.45) is 5.73 Å².